The number of carbonyl (C=O) groups is 1. The Bertz CT molecular complexity index is 453. The van der Waals surface area contributed by atoms with Gasteiger partial charge in [0.2, 0.25) is 0 Å². The van der Waals surface area contributed by atoms with E-state index < -0.39 is 0 Å². The number of esters is 1. The van der Waals surface area contributed by atoms with Crippen molar-refractivity contribution < 1.29 is 9.53 Å². The quantitative estimate of drug-likeness (QED) is 0.450. The van der Waals surface area contributed by atoms with E-state index in [9.17, 15) is 4.79 Å². The molecule has 2 rings (SSSR count). The SMILES string of the molecule is CCOC(=O)C1CCCN(C(=NC)NC[C@H]2CCCN2CC(C)C)C1. The van der Waals surface area contributed by atoms with E-state index in [2.05, 4.69) is 34.0 Å². The third kappa shape index (κ3) is 5.87. The summed E-state index contributed by atoms with van der Waals surface area (Å²) in [5.74, 6) is 1.52. The van der Waals surface area contributed by atoms with Gasteiger partial charge in [0.25, 0.3) is 0 Å². The third-order valence-corrected chi connectivity index (χ3v) is 5.15. The number of carbonyl (C=O) groups excluding carboxylic acids is 1. The molecule has 2 aliphatic rings. The molecule has 25 heavy (non-hydrogen) atoms. The Morgan fingerprint density at radius 1 is 1.28 bits per heavy atom. The van der Waals surface area contributed by atoms with Gasteiger partial charge in [-0.1, -0.05) is 13.8 Å². The van der Waals surface area contributed by atoms with E-state index in [4.69, 9.17) is 4.74 Å². The maximum atomic E-state index is 12.1. The lowest BCUT2D eigenvalue weighted by atomic mass is 9.98. The van der Waals surface area contributed by atoms with Crippen molar-refractivity contribution in [1.29, 1.82) is 0 Å². The van der Waals surface area contributed by atoms with E-state index in [1.54, 1.807) is 0 Å². The standard InChI is InChI=1S/C19H36N4O2/c1-5-25-18(24)16-8-6-11-23(14-16)19(20-4)21-12-17-9-7-10-22(17)13-15(2)3/h15-17H,5-14H2,1-4H3,(H,20,21)/t16?,17-/m1/s1. The number of aliphatic imine (C=N–C) groups is 1. The molecule has 0 aromatic rings. The van der Waals surface area contributed by atoms with Crippen molar-refractivity contribution in [3.8, 4) is 0 Å². The predicted octanol–water partition coefficient (Wildman–Crippen LogP) is 1.96. The second-order valence-electron chi connectivity index (χ2n) is 7.65. The number of ether oxygens (including phenoxy) is 1. The van der Waals surface area contributed by atoms with Crippen molar-refractivity contribution in [1.82, 2.24) is 15.1 Å². The van der Waals surface area contributed by atoms with E-state index >= 15 is 0 Å². The number of rotatable bonds is 6. The Hall–Kier alpha value is -1.30. The molecule has 1 N–H and O–H groups in total. The molecule has 2 heterocycles. The van der Waals surface area contributed by atoms with E-state index in [1.165, 1.54) is 25.9 Å². The van der Waals surface area contributed by atoms with Gasteiger partial charge in [0.1, 0.15) is 0 Å². The van der Waals surface area contributed by atoms with Gasteiger partial charge in [0.15, 0.2) is 5.96 Å². The second kappa shape index (κ2) is 10.00. The predicted molar refractivity (Wildman–Crippen MR) is 102 cm³/mol. The van der Waals surface area contributed by atoms with Crippen molar-refractivity contribution >= 4 is 11.9 Å². The van der Waals surface area contributed by atoms with Crippen LogP contribution in [0.15, 0.2) is 4.99 Å². The van der Waals surface area contributed by atoms with Crippen LogP contribution in [0.3, 0.4) is 0 Å². The molecule has 2 aliphatic heterocycles. The van der Waals surface area contributed by atoms with Crippen LogP contribution in [-0.4, -0.2) is 74.1 Å². The van der Waals surface area contributed by atoms with Gasteiger partial charge in [0.05, 0.1) is 12.5 Å². The normalized spacial score (nSPS) is 25.5. The smallest absolute Gasteiger partial charge is 0.310 e. The number of nitrogens with zero attached hydrogens (tertiary/aromatic N) is 3. The summed E-state index contributed by atoms with van der Waals surface area (Å²) in [7, 11) is 1.83. The Balaban J connectivity index is 1.86. The maximum Gasteiger partial charge on any atom is 0.310 e. The van der Waals surface area contributed by atoms with Gasteiger partial charge < -0.3 is 15.0 Å². The monoisotopic (exact) mass is 352 g/mol. The highest BCUT2D eigenvalue weighted by molar-refractivity contribution is 5.81. The van der Waals surface area contributed by atoms with Crippen LogP contribution in [0.5, 0.6) is 0 Å². The first-order valence-corrected chi connectivity index (χ1v) is 9.91. The van der Waals surface area contributed by atoms with Crippen molar-refractivity contribution in [2.24, 2.45) is 16.8 Å². The van der Waals surface area contributed by atoms with Crippen molar-refractivity contribution in [3.05, 3.63) is 0 Å². The number of nitrogens with one attached hydrogen (secondary N) is 1. The number of guanidine groups is 1. The topological polar surface area (TPSA) is 57.2 Å². The lowest BCUT2D eigenvalue weighted by Crippen LogP contribution is -2.51. The molecule has 6 nitrogen and oxygen atoms in total. The van der Waals surface area contributed by atoms with Crippen LogP contribution in [0.1, 0.15) is 46.5 Å². The van der Waals surface area contributed by atoms with Crippen molar-refractivity contribution in [3.63, 3.8) is 0 Å². The van der Waals surface area contributed by atoms with Crippen molar-refractivity contribution in [2.45, 2.75) is 52.5 Å². The fraction of sp³-hybridized carbons (Fsp3) is 0.895. The molecule has 0 saturated carbocycles. The minimum Gasteiger partial charge on any atom is -0.466 e. The summed E-state index contributed by atoms with van der Waals surface area (Å²) in [5, 5.41) is 3.56. The highest BCUT2D eigenvalue weighted by Crippen LogP contribution is 2.20. The van der Waals surface area contributed by atoms with E-state index in [1.807, 2.05) is 14.0 Å². The summed E-state index contributed by atoms with van der Waals surface area (Å²) in [4.78, 5) is 21.3. The van der Waals surface area contributed by atoms with Gasteiger partial charge in [-0.25, -0.2) is 0 Å². The molecule has 0 radical (unpaired) electrons. The van der Waals surface area contributed by atoms with Crippen molar-refractivity contribution in [2.75, 3.05) is 46.4 Å². The third-order valence-electron chi connectivity index (χ3n) is 5.15. The largest absolute Gasteiger partial charge is 0.466 e. The number of hydrogen-bond donors (Lipinski definition) is 1. The van der Waals surface area contributed by atoms with Gasteiger partial charge in [-0.15, -0.1) is 0 Å². The van der Waals surface area contributed by atoms with Crippen LogP contribution in [0, 0.1) is 11.8 Å². The molecule has 0 aliphatic carbocycles. The lowest BCUT2D eigenvalue weighted by Gasteiger charge is -2.35. The minimum absolute atomic E-state index is 0.0313. The Labute approximate surface area is 153 Å². The summed E-state index contributed by atoms with van der Waals surface area (Å²) < 4.78 is 5.20. The highest BCUT2D eigenvalue weighted by atomic mass is 16.5. The average molecular weight is 353 g/mol. The molecule has 144 valence electrons. The first kappa shape index (κ1) is 20.0. The first-order valence-electron chi connectivity index (χ1n) is 9.91. The zero-order chi connectivity index (χ0) is 18.2. The fourth-order valence-electron chi connectivity index (χ4n) is 4.00. The van der Waals surface area contributed by atoms with Gasteiger partial charge >= 0.3 is 5.97 Å². The molecule has 0 aromatic heterocycles. The molecular weight excluding hydrogens is 316 g/mol. The summed E-state index contributed by atoms with van der Waals surface area (Å²) in [6.07, 6.45) is 4.46. The Morgan fingerprint density at radius 2 is 2.04 bits per heavy atom. The molecule has 0 aromatic carbocycles. The summed E-state index contributed by atoms with van der Waals surface area (Å²) in [5.41, 5.74) is 0. The molecule has 1 unspecified atom stereocenters. The molecule has 6 heteroatoms. The van der Waals surface area contributed by atoms with E-state index in [-0.39, 0.29) is 11.9 Å². The Morgan fingerprint density at radius 3 is 2.72 bits per heavy atom. The lowest BCUT2D eigenvalue weighted by molar-refractivity contribution is -0.149. The second-order valence-corrected chi connectivity index (χ2v) is 7.65. The summed E-state index contributed by atoms with van der Waals surface area (Å²) >= 11 is 0. The van der Waals surface area contributed by atoms with Gasteiger partial charge in [-0.2, -0.15) is 0 Å². The zero-order valence-corrected chi connectivity index (χ0v) is 16.5. The van der Waals surface area contributed by atoms with Crippen LogP contribution >= 0.6 is 0 Å². The molecule has 0 bridgehead atoms. The molecule has 0 amide bonds. The minimum atomic E-state index is -0.0680. The van der Waals surface area contributed by atoms with Crippen LogP contribution in [0.25, 0.3) is 0 Å². The van der Waals surface area contributed by atoms with Crippen LogP contribution in [0.2, 0.25) is 0 Å². The maximum absolute atomic E-state index is 12.1. The fourth-order valence-corrected chi connectivity index (χ4v) is 4.00. The molecule has 2 atom stereocenters. The number of hydrogen-bond acceptors (Lipinski definition) is 4. The first-order chi connectivity index (χ1) is 12.0. The van der Waals surface area contributed by atoms with Gasteiger partial charge in [-0.05, 0) is 45.1 Å². The number of likely N-dealkylation sites (tertiary alicyclic amines) is 2. The van der Waals surface area contributed by atoms with E-state index in [0.29, 0.717) is 25.1 Å². The Kier molecular flexibility index (Phi) is 8.00. The van der Waals surface area contributed by atoms with Crippen LogP contribution in [-0.2, 0) is 9.53 Å². The number of piperidine rings is 1. The van der Waals surface area contributed by atoms with E-state index in [0.717, 1.165) is 31.9 Å². The summed E-state index contributed by atoms with van der Waals surface area (Å²) in [6.45, 7) is 11.8. The highest BCUT2D eigenvalue weighted by Gasteiger charge is 2.29. The molecule has 2 saturated heterocycles. The van der Waals surface area contributed by atoms with Crippen LogP contribution < -0.4 is 5.32 Å². The zero-order valence-electron chi connectivity index (χ0n) is 16.5. The molecule has 2 fully saturated rings. The van der Waals surface area contributed by atoms with Gasteiger partial charge in [-0.3, -0.25) is 14.7 Å². The molecular formula is C19H36N4O2. The average Bonchev–Trinajstić information content (AvgIpc) is 3.02. The van der Waals surface area contributed by atoms with Crippen LogP contribution in [0.4, 0.5) is 0 Å². The summed E-state index contributed by atoms with van der Waals surface area (Å²) in [6, 6.07) is 0.588. The molecule has 0 spiro atoms. The van der Waals surface area contributed by atoms with Gasteiger partial charge in [0, 0.05) is 39.3 Å².